The standard InChI is InChI=1S/C38H53NO5/c1-22(2)25-13-16-38(32(40)42-21-27-23(3)43-33(41)44-27)18-17-36(7)26(30(25)38)11-12-29-35(6)20-24-10-9-19-39-31(24)34(4,5)28(35)14-15-37(29,36)8/h9-10,19,22,25-26,28-30H,11-18,20-21H2,1-8H3/t25-,26+,28-,29+,30+,35-,36+,37+,38-/m0/s1. The van der Waals surface area contributed by atoms with E-state index in [1.54, 1.807) is 6.92 Å². The molecule has 4 fully saturated rings. The minimum absolute atomic E-state index is 0.0369. The summed E-state index contributed by atoms with van der Waals surface area (Å²) < 4.78 is 16.3. The highest BCUT2D eigenvalue weighted by molar-refractivity contribution is 5.78. The molecule has 0 N–H and O–H groups in total. The third kappa shape index (κ3) is 3.87. The third-order valence-electron chi connectivity index (χ3n) is 15.1. The number of esters is 1. The van der Waals surface area contributed by atoms with Gasteiger partial charge in [0.15, 0.2) is 18.1 Å². The van der Waals surface area contributed by atoms with Gasteiger partial charge in [0.05, 0.1) is 5.41 Å². The van der Waals surface area contributed by atoms with Crippen molar-refractivity contribution in [2.45, 2.75) is 125 Å². The molecular formula is C38H53NO5. The van der Waals surface area contributed by atoms with Crippen LogP contribution in [0.5, 0.6) is 0 Å². The summed E-state index contributed by atoms with van der Waals surface area (Å²) in [6, 6.07) is 4.47. The molecule has 240 valence electrons. The maximum absolute atomic E-state index is 14.3. The molecule has 7 rings (SSSR count). The second kappa shape index (κ2) is 9.82. The molecule has 0 aliphatic heterocycles. The summed E-state index contributed by atoms with van der Waals surface area (Å²) in [6.07, 6.45) is 12.0. The normalized spacial score (nSPS) is 42.1. The average molecular weight is 604 g/mol. The molecule has 4 saturated carbocycles. The fourth-order valence-corrected chi connectivity index (χ4v) is 13.1. The Morgan fingerprint density at radius 2 is 1.75 bits per heavy atom. The quantitative estimate of drug-likeness (QED) is 0.326. The lowest BCUT2D eigenvalue weighted by Gasteiger charge is -2.72. The molecule has 2 aromatic heterocycles. The second-order valence-corrected chi connectivity index (χ2v) is 17.2. The maximum atomic E-state index is 14.3. The predicted molar refractivity (Wildman–Crippen MR) is 169 cm³/mol. The van der Waals surface area contributed by atoms with Crippen molar-refractivity contribution < 1.29 is 18.4 Å². The van der Waals surface area contributed by atoms with Crippen LogP contribution >= 0.6 is 0 Å². The van der Waals surface area contributed by atoms with Gasteiger partial charge in [-0.25, -0.2) is 4.79 Å². The number of hydrogen-bond acceptors (Lipinski definition) is 6. The van der Waals surface area contributed by atoms with Crippen molar-refractivity contribution in [3.05, 3.63) is 51.7 Å². The van der Waals surface area contributed by atoms with Gasteiger partial charge in [-0.1, -0.05) is 54.5 Å². The molecule has 0 aromatic carbocycles. The first-order valence-electron chi connectivity index (χ1n) is 17.4. The van der Waals surface area contributed by atoms with Crippen LogP contribution in [0.15, 0.2) is 32.0 Å². The van der Waals surface area contributed by atoms with Gasteiger partial charge in [0.2, 0.25) is 0 Å². The number of aromatic nitrogens is 1. The largest absolute Gasteiger partial charge is 0.519 e. The van der Waals surface area contributed by atoms with Crippen molar-refractivity contribution in [3.63, 3.8) is 0 Å². The van der Waals surface area contributed by atoms with Gasteiger partial charge in [0.25, 0.3) is 0 Å². The van der Waals surface area contributed by atoms with E-state index >= 15 is 0 Å². The van der Waals surface area contributed by atoms with E-state index in [1.165, 1.54) is 36.9 Å². The van der Waals surface area contributed by atoms with Crippen LogP contribution in [0.2, 0.25) is 0 Å². The van der Waals surface area contributed by atoms with Gasteiger partial charge in [-0.05, 0) is 128 Å². The molecule has 0 radical (unpaired) electrons. The van der Waals surface area contributed by atoms with Gasteiger partial charge >= 0.3 is 11.8 Å². The highest BCUT2D eigenvalue weighted by Gasteiger charge is 2.72. The van der Waals surface area contributed by atoms with E-state index in [0.717, 1.165) is 32.1 Å². The van der Waals surface area contributed by atoms with E-state index in [9.17, 15) is 9.59 Å². The number of hydrogen-bond donors (Lipinski definition) is 0. The molecular weight excluding hydrogens is 550 g/mol. The van der Waals surface area contributed by atoms with Crippen molar-refractivity contribution in [2.24, 2.45) is 57.2 Å². The molecule has 5 aliphatic carbocycles. The third-order valence-corrected chi connectivity index (χ3v) is 15.1. The molecule has 2 heterocycles. The Hall–Kier alpha value is -2.37. The van der Waals surface area contributed by atoms with Crippen LogP contribution in [-0.4, -0.2) is 11.0 Å². The Morgan fingerprint density at radius 3 is 2.45 bits per heavy atom. The maximum Gasteiger partial charge on any atom is 0.519 e. The SMILES string of the molecule is Cc1oc(=O)oc1COC(=O)[C@]12CC[C@@H](C(C)C)[C@@H]1[C@H]1CC[C@@H]3[C@@]4(C)Cc5cccnc5C(C)(C)[C@@H]4CC[C@@]3(C)[C@]1(C)CC2. The molecule has 6 nitrogen and oxygen atoms in total. The van der Waals surface area contributed by atoms with Gasteiger partial charge in [-0.15, -0.1) is 0 Å². The zero-order valence-electron chi connectivity index (χ0n) is 28.3. The van der Waals surface area contributed by atoms with Crippen LogP contribution in [0.1, 0.15) is 123 Å². The Labute approximate surface area is 263 Å². The fourth-order valence-electron chi connectivity index (χ4n) is 13.1. The molecule has 0 spiro atoms. The number of rotatable bonds is 4. The van der Waals surface area contributed by atoms with Gasteiger partial charge in [0, 0.05) is 17.3 Å². The van der Waals surface area contributed by atoms with E-state index < -0.39 is 11.2 Å². The zero-order chi connectivity index (χ0) is 31.4. The van der Waals surface area contributed by atoms with Crippen molar-refractivity contribution in [1.82, 2.24) is 4.98 Å². The van der Waals surface area contributed by atoms with Crippen LogP contribution < -0.4 is 5.82 Å². The Morgan fingerprint density at radius 1 is 0.977 bits per heavy atom. The number of carbonyl (C=O) groups excluding carboxylic acids is 1. The van der Waals surface area contributed by atoms with Gasteiger partial charge in [-0.2, -0.15) is 0 Å². The first-order valence-corrected chi connectivity index (χ1v) is 17.4. The fraction of sp³-hybridized carbons (Fsp3) is 0.763. The number of nitrogens with zero attached hydrogens (tertiary/aromatic N) is 1. The van der Waals surface area contributed by atoms with E-state index in [0.29, 0.717) is 47.0 Å². The Bertz CT molecular complexity index is 1520. The first-order chi connectivity index (χ1) is 20.7. The minimum atomic E-state index is -0.742. The van der Waals surface area contributed by atoms with E-state index in [2.05, 4.69) is 60.6 Å². The highest BCUT2D eigenvalue weighted by atomic mass is 16.6. The molecule has 9 atom stereocenters. The van der Waals surface area contributed by atoms with Crippen LogP contribution in [0.25, 0.3) is 0 Å². The summed E-state index contributed by atoms with van der Waals surface area (Å²) in [4.78, 5) is 30.8. The molecule has 0 unspecified atom stereocenters. The number of fused-ring (bicyclic) bond motifs is 8. The molecule has 5 aliphatic rings. The number of ether oxygens (including phenoxy) is 1. The predicted octanol–water partition coefficient (Wildman–Crippen LogP) is 8.43. The van der Waals surface area contributed by atoms with Crippen molar-refractivity contribution in [1.29, 1.82) is 0 Å². The Kier molecular flexibility index (Phi) is 6.76. The van der Waals surface area contributed by atoms with Crippen LogP contribution in [0, 0.1) is 64.1 Å². The molecule has 44 heavy (non-hydrogen) atoms. The lowest BCUT2D eigenvalue weighted by molar-refractivity contribution is -0.231. The molecule has 0 amide bonds. The average Bonchev–Trinajstić information content (AvgIpc) is 3.51. The van der Waals surface area contributed by atoms with Gasteiger partial charge < -0.3 is 13.6 Å². The van der Waals surface area contributed by atoms with E-state index in [1.807, 2.05) is 6.20 Å². The second-order valence-electron chi connectivity index (χ2n) is 17.2. The smallest absolute Gasteiger partial charge is 0.457 e. The van der Waals surface area contributed by atoms with Crippen LogP contribution in [0.3, 0.4) is 0 Å². The van der Waals surface area contributed by atoms with Crippen LogP contribution in [0.4, 0.5) is 0 Å². The summed E-state index contributed by atoms with van der Waals surface area (Å²) in [5, 5.41) is 0. The molecule has 0 bridgehead atoms. The van der Waals surface area contributed by atoms with Gasteiger partial charge in [-0.3, -0.25) is 9.78 Å². The van der Waals surface area contributed by atoms with Crippen molar-refractivity contribution >= 4 is 5.97 Å². The summed E-state index contributed by atoms with van der Waals surface area (Å²) in [7, 11) is 0. The zero-order valence-corrected chi connectivity index (χ0v) is 28.3. The minimum Gasteiger partial charge on any atom is -0.457 e. The first kappa shape index (κ1) is 30.3. The molecule has 6 heteroatoms. The summed E-state index contributed by atoms with van der Waals surface area (Å²) in [5.74, 6) is 3.00. The highest BCUT2D eigenvalue weighted by Crippen LogP contribution is 2.77. The number of aryl methyl sites for hydroxylation is 1. The van der Waals surface area contributed by atoms with Crippen molar-refractivity contribution in [3.8, 4) is 0 Å². The topological polar surface area (TPSA) is 82.5 Å². The van der Waals surface area contributed by atoms with Crippen molar-refractivity contribution in [2.75, 3.05) is 0 Å². The number of pyridine rings is 1. The van der Waals surface area contributed by atoms with Crippen LogP contribution in [-0.2, 0) is 28.0 Å². The Balaban J connectivity index is 1.23. The summed E-state index contributed by atoms with van der Waals surface area (Å²) in [5.41, 5.74) is 3.00. The lowest BCUT2D eigenvalue weighted by atomic mass is 9.32. The monoisotopic (exact) mass is 603 g/mol. The van der Waals surface area contributed by atoms with E-state index in [4.69, 9.17) is 18.6 Å². The lowest BCUT2D eigenvalue weighted by Crippen LogP contribution is -2.67. The molecule has 2 aromatic rings. The summed E-state index contributed by atoms with van der Waals surface area (Å²) >= 11 is 0. The number of carbonyl (C=O) groups is 1. The summed E-state index contributed by atoms with van der Waals surface area (Å²) in [6.45, 7) is 19.2. The van der Waals surface area contributed by atoms with E-state index in [-0.39, 0.29) is 34.2 Å². The van der Waals surface area contributed by atoms with Gasteiger partial charge in [0.1, 0.15) is 0 Å². The molecule has 0 saturated heterocycles.